The molecule has 26 heavy (non-hydrogen) atoms. The summed E-state index contributed by atoms with van der Waals surface area (Å²) in [7, 11) is 0. The first kappa shape index (κ1) is 15.9. The van der Waals surface area contributed by atoms with Crippen LogP contribution in [0.5, 0.6) is 0 Å². The number of hydrogen-bond acceptors (Lipinski definition) is 3. The average Bonchev–Trinajstić information content (AvgIpc) is 2.99. The summed E-state index contributed by atoms with van der Waals surface area (Å²) in [5.41, 5.74) is 6.41. The van der Waals surface area contributed by atoms with E-state index in [9.17, 15) is 4.79 Å². The van der Waals surface area contributed by atoms with E-state index in [1.54, 1.807) is 24.3 Å². The minimum absolute atomic E-state index is 0.169. The summed E-state index contributed by atoms with van der Waals surface area (Å²) in [5, 5.41) is 12.1. The summed E-state index contributed by atoms with van der Waals surface area (Å²) >= 11 is 0. The van der Waals surface area contributed by atoms with Crippen molar-refractivity contribution in [1.82, 2.24) is 14.6 Å². The van der Waals surface area contributed by atoms with E-state index in [1.807, 2.05) is 38.1 Å². The van der Waals surface area contributed by atoms with Crippen molar-refractivity contribution in [3.05, 3.63) is 81.6 Å². The largest absolute Gasteiger partial charge is 0.289 e. The number of aryl methyl sites for hydroxylation is 2. The summed E-state index contributed by atoms with van der Waals surface area (Å²) in [6, 6.07) is 18.7. The molecule has 0 aliphatic carbocycles. The molecule has 0 radical (unpaired) electrons. The number of hydrogen-bond donors (Lipinski definition) is 1. The van der Waals surface area contributed by atoms with E-state index in [0.29, 0.717) is 16.9 Å². The van der Waals surface area contributed by atoms with E-state index in [0.717, 1.165) is 27.9 Å². The molecule has 2 heterocycles. The summed E-state index contributed by atoms with van der Waals surface area (Å²) < 4.78 is 1.48. The molecular weight excluding hydrogens is 324 g/mol. The molecule has 5 nitrogen and oxygen atoms in total. The fourth-order valence-electron chi connectivity index (χ4n) is 3.13. The predicted molar refractivity (Wildman–Crippen MR) is 101 cm³/mol. The number of benzene rings is 2. The van der Waals surface area contributed by atoms with Gasteiger partial charge in [0.05, 0.1) is 23.0 Å². The van der Waals surface area contributed by atoms with Gasteiger partial charge in [0.25, 0.3) is 5.56 Å². The zero-order chi connectivity index (χ0) is 18.3. The molecule has 0 spiro atoms. The molecule has 0 fully saturated rings. The van der Waals surface area contributed by atoms with Gasteiger partial charge in [0.2, 0.25) is 0 Å². The highest BCUT2D eigenvalue weighted by Crippen LogP contribution is 2.27. The van der Waals surface area contributed by atoms with Crippen LogP contribution in [0.2, 0.25) is 0 Å². The molecule has 1 N–H and O–H groups in total. The van der Waals surface area contributed by atoms with Gasteiger partial charge in [-0.2, -0.15) is 5.26 Å². The minimum atomic E-state index is -0.169. The molecule has 0 bridgehead atoms. The summed E-state index contributed by atoms with van der Waals surface area (Å²) in [6.07, 6.45) is 0. The molecule has 2 aromatic heterocycles. The molecule has 0 saturated heterocycles. The highest BCUT2D eigenvalue weighted by atomic mass is 16.1. The number of fused-ring (bicyclic) bond motifs is 1. The number of nitrogens with one attached hydrogen (secondary N) is 1. The number of nitrogens with zero attached hydrogens (tertiary/aromatic N) is 3. The van der Waals surface area contributed by atoms with E-state index in [-0.39, 0.29) is 5.56 Å². The molecule has 126 valence electrons. The Bertz CT molecular complexity index is 1220. The van der Waals surface area contributed by atoms with E-state index in [2.05, 4.69) is 16.2 Å². The van der Waals surface area contributed by atoms with Crippen molar-refractivity contribution >= 4 is 5.65 Å². The highest BCUT2D eigenvalue weighted by molar-refractivity contribution is 5.74. The van der Waals surface area contributed by atoms with Gasteiger partial charge in [-0.1, -0.05) is 36.4 Å². The Balaban J connectivity index is 1.92. The lowest BCUT2D eigenvalue weighted by atomic mass is 10.0. The third-order valence-electron chi connectivity index (χ3n) is 4.58. The molecule has 0 atom stereocenters. The first-order chi connectivity index (χ1) is 12.6. The third-order valence-corrected chi connectivity index (χ3v) is 4.58. The molecule has 2 aromatic carbocycles. The van der Waals surface area contributed by atoms with E-state index < -0.39 is 0 Å². The Morgan fingerprint density at radius 2 is 1.81 bits per heavy atom. The number of aromatic amines is 1. The number of aromatic nitrogens is 3. The van der Waals surface area contributed by atoms with Crippen LogP contribution in [0.15, 0.2) is 59.4 Å². The van der Waals surface area contributed by atoms with Gasteiger partial charge in [0, 0.05) is 22.8 Å². The van der Waals surface area contributed by atoms with Crippen LogP contribution >= 0.6 is 0 Å². The van der Waals surface area contributed by atoms with Gasteiger partial charge in [-0.3, -0.25) is 9.89 Å². The molecule has 5 heteroatoms. The van der Waals surface area contributed by atoms with Crippen LogP contribution < -0.4 is 5.56 Å². The van der Waals surface area contributed by atoms with Crippen LogP contribution in [-0.2, 0) is 0 Å². The normalized spacial score (nSPS) is 10.8. The standard InChI is InChI=1S/C21H16N4O/c1-13-5-3-4-6-17(13)20-14(2)21-23-18(11-19(26)25(21)24-20)16-9-7-15(12-22)8-10-16/h3-11,24H,1-2H3. The van der Waals surface area contributed by atoms with Gasteiger partial charge < -0.3 is 0 Å². The molecule has 0 saturated carbocycles. The second kappa shape index (κ2) is 6.01. The van der Waals surface area contributed by atoms with Crippen LogP contribution in [0.25, 0.3) is 28.2 Å². The number of rotatable bonds is 2. The second-order valence-electron chi connectivity index (χ2n) is 6.25. The van der Waals surface area contributed by atoms with Gasteiger partial charge in [0.1, 0.15) is 0 Å². The first-order valence-electron chi connectivity index (χ1n) is 8.27. The van der Waals surface area contributed by atoms with Gasteiger partial charge >= 0.3 is 0 Å². The smallest absolute Gasteiger partial charge is 0.273 e. The average molecular weight is 340 g/mol. The summed E-state index contributed by atoms with van der Waals surface area (Å²) in [6.45, 7) is 4.00. The Morgan fingerprint density at radius 1 is 1.08 bits per heavy atom. The molecule has 0 unspecified atom stereocenters. The van der Waals surface area contributed by atoms with Crippen LogP contribution in [0.4, 0.5) is 0 Å². The predicted octanol–water partition coefficient (Wildman–Crippen LogP) is 3.85. The lowest BCUT2D eigenvalue weighted by Gasteiger charge is -2.03. The van der Waals surface area contributed by atoms with E-state index >= 15 is 0 Å². The molecule has 4 rings (SSSR count). The fourth-order valence-corrected chi connectivity index (χ4v) is 3.13. The number of nitriles is 1. The van der Waals surface area contributed by atoms with E-state index in [1.165, 1.54) is 10.6 Å². The maximum atomic E-state index is 12.6. The fraction of sp³-hybridized carbons (Fsp3) is 0.0952. The second-order valence-corrected chi connectivity index (χ2v) is 6.25. The summed E-state index contributed by atoms with van der Waals surface area (Å²) in [4.78, 5) is 17.3. The monoisotopic (exact) mass is 340 g/mol. The van der Waals surface area contributed by atoms with Crippen molar-refractivity contribution in [1.29, 1.82) is 5.26 Å². The van der Waals surface area contributed by atoms with Crippen LogP contribution in [0.3, 0.4) is 0 Å². The van der Waals surface area contributed by atoms with Gasteiger partial charge in [0.15, 0.2) is 5.65 Å². The van der Waals surface area contributed by atoms with Gasteiger partial charge in [-0.05, 0) is 31.5 Å². The SMILES string of the molecule is Cc1ccccc1-c1[nH]n2c(=O)cc(-c3ccc(C#N)cc3)nc2c1C. The Labute approximate surface area is 150 Å². The van der Waals surface area contributed by atoms with Crippen molar-refractivity contribution in [2.75, 3.05) is 0 Å². The zero-order valence-corrected chi connectivity index (χ0v) is 14.4. The van der Waals surface area contributed by atoms with Crippen molar-refractivity contribution in [3.63, 3.8) is 0 Å². The third kappa shape index (κ3) is 2.49. The van der Waals surface area contributed by atoms with Gasteiger partial charge in [-0.15, -0.1) is 0 Å². The minimum Gasteiger partial charge on any atom is -0.289 e. The highest BCUT2D eigenvalue weighted by Gasteiger charge is 2.15. The molecule has 0 aliphatic heterocycles. The van der Waals surface area contributed by atoms with Crippen molar-refractivity contribution in [2.24, 2.45) is 0 Å². The topological polar surface area (TPSA) is 73.9 Å². The maximum Gasteiger partial charge on any atom is 0.273 e. The lowest BCUT2D eigenvalue weighted by molar-refractivity contribution is 0.904. The quantitative estimate of drug-likeness (QED) is 0.602. The van der Waals surface area contributed by atoms with Crippen molar-refractivity contribution in [3.8, 4) is 28.6 Å². The van der Waals surface area contributed by atoms with Gasteiger partial charge in [-0.25, -0.2) is 9.50 Å². The van der Waals surface area contributed by atoms with E-state index in [4.69, 9.17) is 5.26 Å². The molecule has 0 amide bonds. The molecular formula is C21H16N4O. The van der Waals surface area contributed by atoms with Crippen molar-refractivity contribution < 1.29 is 0 Å². The first-order valence-corrected chi connectivity index (χ1v) is 8.27. The zero-order valence-electron chi connectivity index (χ0n) is 14.4. The lowest BCUT2D eigenvalue weighted by Crippen LogP contribution is -2.14. The van der Waals surface area contributed by atoms with Crippen LogP contribution in [0.1, 0.15) is 16.7 Å². The number of H-pyrrole nitrogens is 1. The molecule has 4 aromatic rings. The molecule has 0 aliphatic rings. The van der Waals surface area contributed by atoms with Crippen LogP contribution in [0, 0.1) is 25.2 Å². The Hall–Kier alpha value is -3.65. The van der Waals surface area contributed by atoms with Crippen LogP contribution in [-0.4, -0.2) is 14.6 Å². The Morgan fingerprint density at radius 3 is 2.50 bits per heavy atom. The van der Waals surface area contributed by atoms with Crippen molar-refractivity contribution in [2.45, 2.75) is 13.8 Å². The Kier molecular flexibility index (Phi) is 3.67. The summed E-state index contributed by atoms with van der Waals surface area (Å²) in [5.74, 6) is 0. The maximum absolute atomic E-state index is 12.6.